The lowest BCUT2D eigenvalue weighted by atomic mass is 9.98. The first-order valence-corrected chi connectivity index (χ1v) is 4.73. The van der Waals surface area contributed by atoms with Gasteiger partial charge in [-0.25, -0.2) is 0 Å². The van der Waals surface area contributed by atoms with Gasteiger partial charge < -0.3 is 10.6 Å². The third-order valence-electron chi connectivity index (χ3n) is 2.27. The predicted octanol–water partition coefficient (Wildman–Crippen LogP) is 1.48. The quantitative estimate of drug-likeness (QED) is 0.653. The Morgan fingerprint density at radius 3 is 2.64 bits per heavy atom. The van der Waals surface area contributed by atoms with Crippen LogP contribution in [0.25, 0.3) is 0 Å². The van der Waals surface area contributed by atoms with Crippen LogP contribution < -0.4 is 10.6 Å². The molecule has 0 aromatic carbocycles. The summed E-state index contributed by atoms with van der Waals surface area (Å²) in [5.41, 5.74) is 0. The van der Waals surface area contributed by atoms with Crippen LogP contribution in [-0.4, -0.2) is 25.7 Å². The summed E-state index contributed by atoms with van der Waals surface area (Å²) in [6.07, 6.45) is 2.69. The number of piperidine rings is 1. The van der Waals surface area contributed by atoms with E-state index in [2.05, 4.69) is 24.5 Å². The lowest BCUT2D eigenvalue weighted by molar-refractivity contribution is 0.347. The molecule has 1 aliphatic rings. The molecule has 0 bridgehead atoms. The van der Waals surface area contributed by atoms with Gasteiger partial charge >= 0.3 is 0 Å². The Bertz CT molecular complexity index is 104. The molecule has 0 aromatic heterocycles. The van der Waals surface area contributed by atoms with Gasteiger partial charge in [-0.15, -0.1) is 0 Å². The fourth-order valence-electron chi connectivity index (χ4n) is 1.49. The van der Waals surface area contributed by atoms with Crippen LogP contribution >= 0.6 is 0 Å². The summed E-state index contributed by atoms with van der Waals surface area (Å²) in [5.74, 6) is 0.915. The van der Waals surface area contributed by atoms with E-state index in [-0.39, 0.29) is 2.85 Å². The average molecular weight is 160 g/mol. The van der Waals surface area contributed by atoms with Crippen molar-refractivity contribution in [2.45, 2.75) is 32.7 Å². The van der Waals surface area contributed by atoms with Gasteiger partial charge in [-0.2, -0.15) is 0 Å². The molecule has 1 aliphatic heterocycles. The highest BCUT2D eigenvalue weighted by molar-refractivity contribution is 4.71. The summed E-state index contributed by atoms with van der Waals surface area (Å²) in [7, 11) is 0. The van der Waals surface area contributed by atoms with Gasteiger partial charge in [-0.05, 0) is 38.4 Å². The van der Waals surface area contributed by atoms with E-state index in [1.54, 1.807) is 0 Å². The number of hydrogen-bond acceptors (Lipinski definition) is 2. The number of rotatable bonds is 3. The summed E-state index contributed by atoms with van der Waals surface area (Å²) < 4.78 is 0. The van der Waals surface area contributed by atoms with E-state index in [0.29, 0.717) is 6.04 Å². The van der Waals surface area contributed by atoms with E-state index in [1.807, 2.05) is 0 Å². The fraction of sp³-hybridized carbons (Fsp3) is 1.00. The first kappa shape index (κ1) is 9.01. The van der Waals surface area contributed by atoms with Crippen molar-refractivity contribution in [3.63, 3.8) is 0 Å². The Morgan fingerprint density at radius 2 is 2.09 bits per heavy atom. The molecule has 1 fully saturated rings. The molecule has 2 nitrogen and oxygen atoms in total. The zero-order valence-corrected chi connectivity index (χ0v) is 7.69. The zero-order chi connectivity index (χ0) is 8.10. The van der Waals surface area contributed by atoms with Crippen LogP contribution in [0, 0.1) is 5.92 Å². The maximum Gasteiger partial charge on any atom is 0.00104 e. The van der Waals surface area contributed by atoms with E-state index in [4.69, 9.17) is 0 Å². The lowest BCUT2D eigenvalue weighted by Gasteiger charge is -2.23. The minimum Gasteiger partial charge on any atom is -0.317 e. The lowest BCUT2D eigenvalue weighted by Crippen LogP contribution is -2.35. The Kier molecular flexibility index (Phi) is 3.87. The maximum atomic E-state index is 3.49. The second kappa shape index (κ2) is 4.73. The molecular formula is C9H24N2. The van der Waals surface area contributed by atoms with Gasteiger partial charge in [0.25, 0.3) is 0 Å². The van der Waals surface area contributed by atoms with Gasteiger partial charge in [0.15, 0.2) is 0 Å². The van der Waals surface area contributed by atoms with Gasteiger partial charge in [0.1, 0.15) is 0 Å². The van der Waals surface area contributed by atoms with Gasteiger partial charge in [0.05, 0.1) is 0 Å². The smallest absolute Gasteiger partial charge is 0.00104 e. The molecule has 11 heavy (non-hydrogen) atoms. The molecule has 0 atom stereocenters. The molecule has 0 saturated carbocycles. The monoisotopic (exact) mass is 160 g/mol. The third-order valence-corrected chi connectivity index (χ3v) is 2.27. The first-order chi connectivity index (χ1) is 5.29. The summed E-state index contributed by atoms with van der Waals surface area (Å²) in [4.78, 5) is 0. The van der Waals surface area contributed by atoms with E-state index in [1.165, 1.54) is 32.5 Å². The van der Waals surface area contributed by atoms with Crippen molar-refractivity contribution >= 4 is 0 Å². The summed E-state index contributed by atoms with van der Waals surface area (Å²) in [6, 6.07) is 0.643. The van der Waals surface area contributed by atoms with Crippen LogP contribution in [0.4, 0.5) is 0 Å². The summed E-state index contributed by atoms with van der Waals surface area (Å²) >= 11 is 0. The molecule has 2 N–H and O–H groups in total. The van der Waals surface area contributed by atoms with Gasteiger partial charge in [-0.1, -0.05) is 13.8 Å². The second-order valence-electron chi connectivity index (χ2n) is 3.76. The zero-order valence-electron chi connectivity index (χ0n) is 7.69. The molecule has 0 amide bonds. The molecule has 0 spiro atoms. The van der Waals surface area contributed by atoms with Crippen molar-refractivity contribution in [3.05, 3.63) is 0 Å². The molecule has 1 saturated heterocycles. The topological polar surface area (TPSA) is 24.1 Å². The van der Waals surface area contributed by atoms with Crippen molar-refractivity contribution in [1.29, 1.82) is 0 Å². The van der Waals surface area contributed by atoms with Crippen LogP contribution in [0.1, 0.15) is 29.5 Å². The molecule has 1 rings (SSSR count). The molecule has 0 aromatic rings. The molecule has 2 heteroatoms. The highest BCUT2D eigenvalue weighted by atomic mass is 14.9. The van der Waals surface area contributed by atoms with Gasteiger partial charge in [-0.3, -0.25) is 0 Å². The first-order valence-electron chi connectivity index (χ1n) is 4.73. The maximum absolute atomic E-state index is 3.49. The van der Waals surface area contributed by atoms with Gasteiger partial charge in [0.2, 0.25) is 0 Å². The van der Waals surface area contributed by atoms with Gasteiger partial charge in [0, 0.05) is 8.90 Å². The standard InChI is InChI=1S/C9H20N2.2H2/c1-8(2)11-7-9-3-5-10-6-4-9;;/h8-11H,3-7H2,1-2H3;2*1H. The molecular weight excluding hydrogens is 136 g/mol. The normalized spacial score (nSPS) is 21.0. The molecule has 0 aliphatic carbocycles. The van der Waals surface area contributed by atoms with E-state index in [0.717, 1.165) is 5.92 Å². The highest BCUT2D eigenvalue weighted by Crippen LogP contribution is 2.09. The van der Waals surface area contributed by atoms with Crippen LogP contribution in [0.2, 0.25) is 0 Å². The average Bonchev–Trinajstić information content (AvgIpc) is 2.03. The van der Waals surface area contributed by atoms with Crippen molar-refractivity contribution < 1.29 is 2.85 Å². The molecule has 0 unspecified atom stereocenters. The predicted molar refractivity (Wildman–Crippen MR) is 53.0 cm³/mol. The van der Waals surface area contributed by atoms with Crippen molar-refractivity contribution in [2.24, 2.45) is 5.92 Å². The number of hydrogen-bond donors (Lipinski definition) is 2. The summed E-state index contributed by atoms with van der Waals surface area (Å²) in [5, 5.41) is 6.86. The Labute approximate surface area is 72.7 Å². The van der Waals surface area contributed by atoms with E-state index >= 15 is 0 Å². The minimum absolute atomic E-state index is 0. The Morgan fingerprint density at radius 1 is 1.45 bits per heavy atom. The van der Waals surface area contributed by atoms with Crippen molar-refractivity contribution in [2.75, 3.05) is 19.6 Å². The number of nitrogens with one attached hydrogen (secondary N) is 2. The summed E-state index contributed by atoms with van der Waals surface area (Å²) in [6.45, 7) is 8.05. The van der Waals surface area contributed by atoms with Crippen LogP contribution in [0.15, 0.2) is 0 Å². The Hall–Kier alpha value is -0.0800. The van der Waals surface area contributed by atoms with Crippen LogP contribution in [0.5, 0.6) is 0 Å². The SMILES string of the molecule is CC(C)NCC1CCNCC1.[HH].[HH]. The minimum atomic E-state index is 0. The molecule has 70 valence electrons. The van der Waals surface area contributed by atoms with E-state index in [9.17, 15) is 0 Å². The van der Waals surface area contributed by atoms with E-state index < -0.39 is 0 Å². The van der Waals surface area contributed by atoms with Crippen LogP contribution in [0.3, 0.4) is 0 Å². The largest absolute Gasteiger partial charge is 0.317 e. The molecule has 0 radical (unpaired) electrons. The third kappa shape index (κ3) is 3.73. The highest BCUT2D eigenvalue weighted by Gasteiger charge is 2.12. The van der Waals surface area contributed by atoms with Crippen molar-refractivity contribution in [3.8, 4) is 0 Å². The fourth-order valence-corrected chi connectivity index (χ4v) is 1.49. The van der Waals surface area contributed by atoms with Crippen LogP contribution in [-0.2, 0) is 0 Å². The second-order valence-corrected chi connectivity index (χ2v) is 3.76. The molecule has 1 heterocycles. The van der Waals surface area contributed by atoms with Crippen molar-refractivity contribution in [1.82, 2.24) is 10.6 Å². The Balaban J connectivity index is 0.